The minimum atomic E-state index is -0.0435. The molecular formula is C9H18N2O2. The maximum absolute atomic E-state index is 11.3. The van der Waals surface area contributed by atoms with Crippen molar-refractivity contribution < 1.29 is 9.53 Å². The molecule has 0 atom stereocenters. The summed E-state index contributed by atoms with van der Waals surface area (Å²) < 4.78 is 4.96. The van der Waals surface area contributed by atoms with Gasteiger partial charge in [0.15, 0.2) is 0 Å². The number of nitrogens with one attached hydrogen (secondary N) is 1. The largest absolute Gasteiger partial charge is 0.466 e. The Balaban J connectivity index is 2.28. The molecule has 3 N–H and O–H groups in total. The number of ether oxygens (including phenoxy) is 1. The van der Waals surface area contributed by atoms with E-state index in [1.165, 1.54) is 0 Å². The molecule has 0 bridgehead atoms. The molecule has 0 radical (unpaired) electrons. The highest BCUT2D eigenvalue weighted by Crippen LogP contribution is 2.24. The lowest BCUT2D eigenvalue weighted by Gasteiger charge is -2.26. The molecule has 0 saturated heterocycles. The zero-order valence-electron chi connectivity index (χ0n) is 8.08. The second kappa shape index (κ2) is 5.19. The minimum Gasteiger partial charge on any atom is -0.466 e. The third-order valence-corrected chi connectivity index (χ3v) is 2.58. The van der Waals surface area contributed by atoms with Crippen LogP contribution in [0.25, 0.3) is 0 Å². The van der Waals surface area contributed by atoms with Gasteiger partial charge in [0.25, 0.3) is 0 Å². The molecule has 1 fully saturated rings. The average Bonchev–Trinajstić information content (AvgIpc) is 2.18. The standard InChI is InChI=1S/C9H18N2O2/c1-2-13-9(12)7-3-5-8(11-10)6-4-7/h7-8,11H,2-6,10H2,1H3/t7-,8-. The fourth-order valence-electron chi connectivity index (χ4n) is 1.76. The van der Waals surface area contributed by atoms with Gasteiger partial charge in [-0.15, -0.1) is 0 Å². The minimum absolute atomic E-state index is 0.0435. The highest BCUT2D eigenvalue weighted by molar-refractivity contribution is 5.72. The molecule has 0 aromatic heterocycles. The van der Waals surface area contributed by atoms with Crippen LogP contribution in [0.3, 0.4) is 0 Å². The van der Waals surface area contributed by atoms with Crippen LogP contribution in [0, 0.1) is 5.92 Å². The van der Waals surface area contributed by atoms with Crippen LogP contribution >= 0.6 is 0 Å². The fourth-order valence-corrected chi connectivity index (χ4v) is 1.76. The van der Waals surface area contributed by atoms with Crippen molar-refractivity contribution in [2.45, 2.75) is 38.6 Å². The van der Waals surface area contributed by atoms with Crippen LogP contribution in [-0.4, -0.2) is 18.6 Å². The smallest absolute Gasteiger partial charge is 0.308 e. The monoisotopic (exact) mass is 186 g/mol. The van der Waals surface area contributed by atoms with Gasteiger partial charge in [0.05, 0.1) is 12.5 Å². The van der Waals surface area contributed by atoms with Gasteiger partial charge in [0.1, 0.15) is 0 Å². The van der Waals surface area contributed by atoms with Crippen molar-refractivity contribution in [3.63, 3.8) is 0 Å². The second-order valence-corrected chi connectivity index (χ2v) is 3.47. The van der Waals surface area contributed by atoms with Crippen molar-refractivity contribution in [1.29, 1.82) is 0 Å². The molecule has 0 heterocycles. The summed E-state index contributed by atoms with van der Waals surface area (Å²) >= 11 is 0. The van der Waals surface area contributed by atoms with Crippen LogP contribution in [-0.2, 0) is 9.53 Å². The molecule has 0 unspecified atom stereocenters. The summed E-state index contributed by atoms with van der Waals surface area (Å²) in [5.74, 6) is 5.38. The van der Waals surface area contributed by atoms with Crippen molar-refractivity contribution in [3.05, 3.63) is 0 Å². The average molecular weight is 186 g/mol. The number of rotatable bonds is 3. The number of hydrogen-bond acceptors (Lipinski definition) is 4. The van der Waals surface area contributed by atoms with Gasteiger partial charge < -0.3 is 4.74 Å². The number of esters is 1. The van der Waals surface area contributed by atoms with Crippen molar-refractivity contribution in [1.82, 2.24) is 5.43 Å². The summed E-state index contributed by atoms with van der Waals surface area (Å²) in [7, 11) is 0. The molecule has 76 valence electrons. The van der Waals surface area contributed by atoms with Crippen LogP contribution in [0.5, 0.6) is 0 Å². The van der Waals surface area contributed by atoms with E-state index in [9.17, 15) is 4.79 Å². The van der Waals surface area contributed by atoms with E-state index in [0.717, 1.165) is 25.7 Å². The molecule has 0 aromatic rings. The highest BCUT2D eigenvalue weighted by atomic mass is 16.5. The van der Waals surface area contributed by atoms with Gasteiger partial charge >= 0.3 is 5.97 Å². The number of hydrazine groups is 1. The Morgan fingerprint density at radius 2 is 2.08 bits per heavy atom. The predicted octanol–water partition coefficient (Wildman–Crippen LogP) is 0.572. The molecular weight excluding hydrogens is 168 g/mol. The van der Waals surface area contributed by atoms with Gasteiger partial charge in [-0.1, -0.05) is 0 Å². The lowest BCUT2D eigenvalue weighted by Crippen LogP contribution is -2.39. The summed E-state index contributed by atoms with van der Waals surface area (Å²) in [4.78, 5) is 11.3. The Morgan fingerprint density at radius 3 is 2.54 bits per heavy atom. The van der Waals surface area contributed by atoms with E-state index in [1.54, 1.807) is 0 Å². The Kier molecular flexibility index (Phi) is 4.18. The van der Waals surface area contributed by atoms with Crippen LogP contribution in [0.15, 0.2) is 0 Å². The van der Waals surface area contributed by atoms with Gasteiger partial charge in [0, 0.05) is 6.04 Å². The summed E-state index contributed by atoms with van der Waals surface area (Å²) in [6, 6.07) is 0.380. The lowest BCUT2D eigenvalue weighted by atomic mass is 9.86. The summed E-state index contributed by atoms with van der Waals surface area (Å²) in [6.07, 6.45) is 3.74. The summed E-state index contributed by atoms with van der Waals surface area (Å²) in [5.41, 5.74) is 2.74. The second-order valence-electron chi connectivity index (χ2n) is 3.47. The molecule has 1 saturated carbocycles. The van der Waals surface area contributed by atoms with Crippen LogP contribution in [0.4, 0.5) is 0 Å². The number of carbonyl (C=O) groups is 1. The highest BCUT2D eigenvalue weighted by Gasteiger charge is 2.26. The van der Waals surface area contributed by atoms with Crippen molar-refractivity contribution in [3.8, 4) is 0 Å². The first-order chi connectivity index (χ1) is 6.27. The van der Waals surface area contributed by atoms with Crippen molar-refractivity contribution in [2.75, 3.05) is 6.61 Å². The lowest BCUT2D eigenvalue weighted by molar-refractivity contribution is -0.149. The van der Waals surface area contributed by atoms with E-state index in [4.69, 9.17) is 10.6 Å². The Bertz CT molecular complexity index is 165. The SMILES string of the molecule is CCOC(=O)[C@H]1CC[C@H](NN)CC1. The Labute approximate surface area is 78.8 Å². The first-order valence-corrected chi connectivity index (χ1v) is 4.90. The molecule has 0 aromatic carbocycles. The molecule has 1 aliphatic carbocycles. The van der Waals surface area contributed by atoms with Crippen LogP contribution < -0.4 is 11.3 Å². The van der Waals surface area contributed by atoms with E-state index >= 15 is 0 Å². The predicted molar refractivity (Wildman–Crippen MR) is 49.7 cm³/mol. The van der Waals surface area contributed by atoms with E-state index in [2.05, 4.69) is 5.43 Å². The molecule has 13 heavy (non-hydrogen) atoms. The van der Waals surface area contributed by atoms with E-state index in [0.29, 0.717) is 12.6 Å². The third-order valence-electron chi connectivity index (χ3n) is 2.58. The maximum Gasteiger partial charge on any atom is 0.308 e. The van der Waals surface area contributed by atoms with Gasteiger partial charge in [-0.05, 0) is 32.6 Å². The summed E-state index contributed by atoms with van der Waals surface area (Å²) in [6.45, 7) is 2.32. The molecule has 0 aliphatic heterocycles. The van der Waals surface area contributed by atoms with Crippen LogP contribution in [0.1, 0.15) is 32.6 Å². The van der Waals surface area contributed by atoms with Crippen molar-refractivity contribution in [2.24, 2.45) is 11.8 Å². The van der Waals surface area contributed by atoms with Crippen LogP contribution in [0.2, 0.25) is 0 Å². The zero-order valence-corrected chi connectivity index (χ0v) is 8.08. The normalized spacial score (nSPS) is 28.5. The molecule has 1 aliphatic rings. The third kappa shape index (κ3) is 2.97. The van der Waals surface area contributed by atoms with Gasteiger partial charge in [-0.2, -0.15) is 0 Å². The number of hydrogen-bond donors (Lipinski definition) is 2. The van der Waals surface area contributed by atoms with E-state index in [1.807, 2.05) is 6.92 Å². The topological polar surface area (TPSA) is 64.3 Å². The Hall–Kier alpha value is -0.610. The van der Waals surface area contributed by atoms with Gasteiger partial charge in [-0.25, -0.2) is 0 Å². The molecule has 4 nitrogen and oxygen atoms in total. The molecule has 1 rings (SSSR count). The first-order valence-electron chi connectivity index (χ1n) is 4.90. The van der Waals surface area contributed by atoms with Gasteiger partial charge in [-0.3, -0.25) is 16.1 Å². The molecule has 4 heteroatoms. The van der Waals surface area contributed by atoms with E-state index in [-0.39, 0.29) is 11.9 Å². The van der Waals surface area contributed by atoms with Crippen molar-refractivity contribution >= 4 is 5.97 Å². The van der Waals surface area contributed by atoms with Gasteiger partial charge in [0.2, 0.25) is 0 Å². The molecule has 0 spiro atoms. The fraction of sp³-hybridized carbons (Fsp3) is 0.889. The number of nitrogens with two attached hydrogens (primary N) is 1. The first kappa shape index (κ1) is 10.5. The quantitative estimate of drug-likeness (QED) is 0.384. The molecule has 0 amide bonds. The zero-order chi connectivity index (χ0) is 9.68. The maximum atomic E-state index is 11.3. The Morgan fingerprint density at radius 1 is 1.46 bits per heavy atom. The number of carbonyl (C=O) groups excluding carboxylic acids is 1. The summed E-state index contributed by atoms with van der Waals surface area (Å²) in [5, 5.41) is 0. The van der Waals surface area contributed by atoms with E-state index < -0.39 is 0 Å².